The van der Waals surface area contributed by atoms with E-state index >= 15 is 0 Å². The SMILES string of the molecule is C[C@H](CNC(=O)c1ccc(S(=O)(=O)N2CCCC[C@@H]2C)cc1)c1ccccc1. The Labute approximate surface area is 167 Å². The summed E-state index contributed by atoms with van der Waals surface area (Å²) in [4.78, 5) is 12.7. The van der Waals surface area contributed by atoms with Crippen molar-refractivity contribution in [2.24, 2.45) is 0 Å². The number of rotatable bonds is 6. The normalized spacial score (nSPS) is 19.1. The van der Waals surface area contributed by atoms with Crippen LogP contribution in [-0.4, -0.2) is 37.8 Å². The van der Waals surface area contributed by atoms with Crippen molar-refractivity contribution in [2.75, 3.05) is 13.1 Å². The van der Waals surface area contributed by atoms with Crippen molar-refractivity contribution >= 4 is 15.9 Å². The maximum Gasteiger partial charge on any atom is 0.251 e. The van der Waals surface area contributed by atoms with Crippen molar-refractivity contribution in [3.8, 4) is 0 Å². The van der Waals surface area contributed by atoms with E-state index in [-0.39, 0.29) is 22.8 Å². The van der Waals surface area contributed by atoms with Gasteiger partial charge in [0.1, 0.15) is 0 Å². The number of piperidine rings is 1. The lowest BCUT2D eigenvalue weighted by atomic mass is 10.0. The fourth-order valence-electron chi connectivity index (χ4n) is 3.59. The molecule has 150 valence electrons. The Morgan fingerprint density at radius 2 is 1.79 bits per heavy atom. The van der Waals surface area contributed by atoms with Crippen LogP contribution in [-0.2, 0) is 10.0 Å². The van der Waals surface area contributed by atoms with Crippen molar-refractivity contribution in [3.63, 3.8) is 0 Å². The molecule has 1 fully saturated rings. The fraction of sp³-hybridized carbons (Fsp3) is 0.409. The molecule has 2 aromatic rings. The Hall–Kier alpha value is -2.18. The van der Waals surface area contributed by atoms with Crippen molar-refractivity contribution in [3.05, 3.63) is 65.7 Å². The van der Waals surface area contributed by atoms with Crippen LogP contribution in [0.1, 0.15) is 54.9 Å². The highest BCUT2D eigenvalue weighted by molar-refractivity contribution is 7.89. The van der Waals surface area contributed by atoms with Gasteiger partial charge in [0.2, 0.25) is 10.0 Å². The van der Waals surface area contributed by atoms with Gasteiger partial charge in [-0.25, -0.2) is 8.42 Å². The topological polar surface area (TPSA) is 66.5 Å². The van der Waals surface area contributed by atoms with Gasteiger partial charge < -0.3 is 5.32 Å². The van der Waals surface area contributed by atoms with E-state index in [0.29, 0.717) is 18.7 Å². The molecule has 1 N–H and O–H groups in total. The maximum atomic E-state index is 12.9. The van der Waals surface area contributed by atoms with E-state index in [1.165, 1.54) is 17.7 Å². The molecule has 0 aromatic heterocycles. The third-order valence-corrected chi connectivity index (χ3v) is 7.43. The average molecular weight is 401 g/mol. The zero-order valence-corrected chi connectivity index (χ0v) is 17.3. The molecule has 0 bridgehead atoms. The van der Waals surface area contributed by atoms with Crippen molar-refractivity contribution in [1.82, 2.24) is 9.62 Å². The monoisotopic (exact) mass is 400 g/mol. The maximum absolute atomic E-state index is 12.9. The summed E-state index contributed by atoms with van der Waals surface area (Å²) >= 11 is 0. The molecule has 0 spiro atoms. The van der Waals surface area contributed by atoms with Gasteiger partial charge in [0.15, 0.2) is 0 Å². The Kier molecular flexibility index (Phi) is 6.52. The smallest absolute Gasteiger partial charge is 0.251 e. The van der Waals surface area contributed by atoms with Crippen molar-refractivity contribution in [1.29, 1.82) is 0 Å². The van der Waals surface area contributed by atoms with E-state index in [0.717, 1.165) is 19.3 Å². The second-order valence-electron chi connectivity index (χ2n) is 7.51. The quantitative estimate of drug-likeness (QED) is 0.802. The van der Waals surface area contributed by atoms with Crippen LogP contribution in [0.3, 0.4) is 0 Å². The fourth-order valence-corrected chi connectivity index (χ4v) is 5.29. The molecular weight excluding hydrogens is 372 g/mol. The Morgan fingerprint density at radius 3 is 2.43 bits per heavy atom. The highest BCUT2D eigenvalue weighted by atomic mass is 32.2. The molecule has 3 rings (SSSR count). The number of sulfonamides is 1. The molecule has 1 heterocycles. The minimum atomic E-state index is -3.51. The first kappa shape index (κ1) is 20.6. The van der Waals surface area contributed by atoms with Crippen LogP contribution in [0.15, 0.2) is 59.5 Å². The van der Waals surface area contributed by atoms with Crippen molar-refractivity contribution < 1.29 is 13.2 Å². The molecule has 0 unspecified atom stereocenters. The highest BCUT2D eigenvalue weighted by Crippen LogP contribution is 2.25. The molecule has 0 saturated carbocycles. The summed E-state index contributed by atoms with van der Waals surface area (Å²) in [7, 11) is -3.51. The first-order valence-corrected chi connectivity index (χ1v) is 11.3. The van der Waals surface area contributed by atoms with E-state index in [2.05, 4.69) is 12.2 Å². The zero-order chi connectivity index (χ0) is 20.1. The number of nitrogens with one attached hydrogen (secondary N) is 1. The van der Waals surface area contributed by atoms with E-state index in [1.54, 1.807) is 16.4 Å². The Bertz CT molecular complexity index is 895. The van der Waals surface area contributed by atoms with Gasteiger partial charge in [0, 0.05) is 24.7 Å². The number of hydrogen-bond donors (Lipinski definition) is 1. The Morgan fingerprint density at radius 1 is 1.11 bits per heavy atom. The number of nitrogens with zero attached hydrogens (tertiary/aromatic N) is 1. The zero-order valence-electron chi connectivity index (χ0n) is 16.5. The van der Waals surface area contributed by atoms with Crippen LogP contribution in [0.2, 0.25) is 0 Å². The predicted molar refractivity (Wildman–Crippen MR) is 111 cm³/mol. The second kappa shape index (κ2) is 8.88. The van der Waals surface area contributed by atoms with Gasteiger partial charge in [0.25, 0.3) is 5.91 Å². The van der Waals surface area contributed by atoms with Crippen LogP contribution in [0.5, 0.6) is 0 Å². The number of benzene rings is 2. The lowest BCUT2D eigenvalue weighted by molar-refractivity contribution is 0.0951. The molecule has 2 atom stereocenters. The van der Waals surface area contributed by atoms with E-state index in [9.17, 15) is 13.2 Å². The summed E-state index contributed by atoms with van der Waals surface area (Å²) in [6, 6.07) is 16.3. The number of hydrogen-bond acceptors (Lipinski definition) is 3. The summed E-state index contributed by atoms with van der Waals surface area (Å²) in [5.41, 5.74) is 1.63. The second-order valence-corrected chi connectivity index (χ2v) is 9.40. The van der Waals surface area contributed by atoms with Gasteiger partial charge in [-0.15, -0.1) is 0 Å². The first-order chi connectivity index (χ1) is 13.4. The standard InChI is InChI=1S/C22H28N2O3S/c1-17(19-9-4-3-5-10-19)16-23-22(25)20-11-13-21(14-12-20)28(26,27)24-15-7-6-8-18(24)2/h3-5,9-14,17-18H,6-8,15-16H2,1-2H3,(H,23,25)/t17-,18+/m1/s1. The van der Waals surface area contributed by atoms with Gasteiger partial charge in [-0.3, -0.25) is 4.79 Å². The van der Waals surface area contributed by atoms with Crippen LogP contribution in [0.4, 0.5) is 0 Å². The summed E-state index contributed by atoms with van der Waals surface area (Å²) in [5.74, 6) is 0.00320. The third-order valence-electron chi connectivity index (χ3n) is 5.40. The van der Waals surface area contributed by atoms with Gasteiger partial charge in [-0.1, -0.05) is 43.7 Å². The molecular formula is C22H28N2O3S. The van der Waals surface area contributed by atoms with Crippen LogP contribution < -0.4 is 5.32 Å². The predicted octanol–water partition coefficient (Wildman–Crippen LogP) is 3.78. The van der Waals surface area contributed by atoms with Gasteiger partial charge in [-0.05, 0) is 55.5 Å². The lowest BCUT2D eigenvalue weighted by Crippen LogP contribution is -2.41. The van der Waals surface area contributed by atoms with E-state index in [4.69, 9.17) is 0 Å². The molecule has 1 saturated heterocycles. The van der Waals surface area contributed by atoms with E-state index < -0.39 is 10.0 Å². The molecule has 1 aliphatic rings. The van der Waals surface area contributed by atoms with Gasteiger partial charge in [0.05, 0.1) is 4.90 Å². The first-order valence-electron chi connectivity index (χ1n) is 9.84. The molecule has 2 aromatic carbocycles. The molecule has 5 nitrogen and oxygen atoms in total. The van der Waals surface area contributed by atoms with Crippen LogP contribution >= 0.6 is 0 Å². The van der Waals surface area contributed by atoms with Crippen LogP contribution in [0, 0.1) is 0 Å². The highest BCUT2D eigenvalue weighted by Gasteiger charge is 2.30. The van der Waals surface area contributed by atoms with Crippen LogP contribution in [0.25, 0.3) is 0 Å². The van der Waals surface area contributed by atoms with Crippen molar-refractivity contribution in [2.45, 2.75) is 50.0 Å². The average Bonchev–Trinajstić information content (AvgIpc) is 2.72. The summed E-state index contributed by atoms with van der Waals surface area (Å²) in [5, 5.41) is 2.93. The number of carbonyl (C=O) groups is 1. The summed E-state index contributed by atoms with van der Waals surface area (Å²) in [6.45, 7) is 5.09. The molecule has 1 amide bonds. The third kappa shape index (κ3) is 4.62. The molecule has 0 aliphatic carbocycles. The van der Waals surface area contributed by atoms with E-state index in [1.807, 2.05) is 37.3 Å². The number of amides is 1. The number of carbonyl (C=O) groups excluding carboxylic acids is 1. The summed E-state index contributed by atoms with van der Waals surface area (Å²) < 4.78 is 27.3. The minimum absolute atomic E-state index is 0.0150. The largest absolute Gasteiger partial charge is 0.351 e. The molecule has 6 heteroatoms. The molecule has 0 radical (unpaired) electrons. The van der Waals surface area contributed by atoms with Gasteiger partial charge >= 0.3 is 0 Å². The minimum Gasteiger partial charge on any atom is -0.351 e. The molecule has 28 heavy (non-hydrogen) atoms. The molecule has 1 aliphatic heterocycles. The lowest BCUT2D eigenvalue weighted by Gasteiger charge is -2.32. The van der Waals surface area contributed by atoms with Gasteiger partial charge in [-0.2, -0.15) is 4.31 Å². The Balaban J connectivity index is 1.64. The summed E-state index contributed by atoms with van der Waals surface area (Å²) in [6.07, 6.45) is 2.84.